The summed E-state index contributed by atoms with van der Waals surface area (Å²) in [5.74, 6) is 1.93. The molecule has 2 aliphatic carbocycles. The molecule has 2 saturated carbocycles. The Labute approximate surface area is 132 Å². The van der Waals surface area contributed by atoms with Crippen molar-refractivity contribution < 1.29 is 9.59 Å². The Morgan fingerprint density at radius 3 is 1.41 bits per heavy atom. The van der Waals surface area contributed by atoms with Crippen LogP contribution in [-0.4, -0.2) is 74.0 Å². The van der Waals surface area contributed by atoms with Gasteiger partial charge in [-0.05, 0) is 50.6 Å². The Hall–Kier alpha value is -1.14. The van der Waals surface area contributed by atoms with E-state index < -0.39 is 0 Å². The smallest absolute Gasteiger partial charge is 0.236 e. The lowest BCUT2D eigenvalue weighted by Crippen LogP contribution is -2.53. The minimum Gasteiger partial charge on any atom is -0.338 e. The fraction of sp³-hybridized carbons (Fsp3) is 0.875. The standard InChI is InChI=1S/C16H28N4O2/c21-15(11-17-9-13-1-2-13)19-5-7-20(8-6-19)16(22)12-18-10-14-3-4-14/h13-14,17-18H,1-12H2. The molecule has 0 unspecified atom stereocenters. The fourth-order valence-electron chi connectivity index (χ4n) is 2.84. The van der Waals surface area contributed by atoms with Gasteiger partial charge >= 0.3 is 0 Å². The van der Waals surface area contributed by atoms with E-state index in [0.29, 0.717) is 39.3 Å². The van der Waals surface area contributed by atoms with Crippen LogP contribution in [-0.2, 0) is 9.59 Å². The molecule has 3 rings (SSSR count). The number of hydrogen-bond donors (Lipinski definition) is 2. The van der Waals surface area contributed by atoms with Crippen LogP contribution in [0.3, 0.4) is 0 Å². The number of carbonyl (C=O) groups excluding carboxylic acids is 2. The van der Waals surface area contributed by atoms with Gasteiger partial charge in [-0.3, -0.25) is 9.59 Å². The maximum atomic E-state index is 12.1. The van der Waals surface area contributed by atoms with Crippen LogP contribution < -0.4 is 10.6 Å². The molecule has 124 valence electrons. The third kappa shape index (κ3) is 4.95. The summed E-state index contributed by atoms with van der Waals surface area (Å²) < 4.78 is 0. The quantitative estimate of drug-likeness (QED) is 0.644. The molecule has 22 heavy (non-hydrogen) atoms. The van der Waals surface area contributed by atoms with E-state index in [4.69, 9.17) is 0 Å². The molecule has 6 heteroatoms. The van der Waals surface area contributed by atoms with Gasteiger partial charge in [-0.15, -0.1) is 0 Å². The van der Waals surface area contributed by atoms with Crippen LogP contribution in [0.15, 0.2) is 0 Å². The highest BCUT2D eigenvalue weighted by atomic mass is 16.2. The van der Waals surface area contributed by atoms with Crippen molar-refractivity contribution in [3.8, 4) is 0 Å². The Balaban J connectivity index is 1.28. The predicted molar refractivity (Wildman–Crippen MR) is 84.3 cm³/mol. The lowest BCUT2D eigenvalue weighted by atomic mass is 10.3. The monoisotopic (exact) mass is 308 g/mol. The molecule has 1 aliphatic heterocycles. The zero-order valence-corrected chi connectivity index (χ0v) is 13.4. The third-order valence-corrected chi connectivity index (χ3v) is 4.80. The first-order valence-corrected chi connectivity index (χ1v) is 8.69. The maximum absolute atomic E-state index is 12.1. The van der Waals surface area contributed by atoms with E-state index >= 15 is 0 Å². The van der Waals surface area contributed by atoms with E-state index in [1.54, 1.807) is 0 Å². The first-order valence-electron chi connectivity index (χ1n) is 8.69. The van der Waals surface area contributed by atoms with Crippen molar-refractivity contribution in [2.45, 2.75) is 25.7 Å². The van der Waals surface area contributed by atoms with Crippen molar-refractivity contribution >= 4 is 11.8 Å². The molecule has 0 bridgehead atoms. The van der Waals surface area contributed by atoms with E-state index in [1.807, 2.05) is 9.80 Å². The van der Waals surface area contributed by atoms with E-state index in [2.05, 4.69) is 10.6 Å². The summed E-state index contributed by atoms with van der Waals surface area (Å²) in [4.78, 5) is 27.9. The normalized spacial score (nSPS) is 22.0. The van der Waals surface area contributed by atoms with Gasteiger partial charge in [0.1, 0.15) is 0 Å². The lowest BCUT2D eigenvalue weighted by Gasteiger charge is -2.35. The molecule has 0 aromatic rings. The molecule has 1 heterocycles. The van der Waals surface area contributed by atoms with E-state index in [0.717, 1.165) is 24.9 Å². The molecule has 0 atom stereocenters. The topological polar surface area (TPSA) is 64.7 Å². The highest BCUT2D eigenvalue weighted by Crippen LogP contribution is 2.27. The summed E-state index contributed by atoms with van der Waals surface area (Å²) in [5.41, 5.74) is 0. The second-order valence-electron chi connectivity index (χ2n) is 6.91. The number of nitrogens with one attached hydrogen (secondary N) is 2. The molecule has 3 aliphatic rings. The number of rotatable bonds is 8. The van der Waals surface area contributed by atoms with Gasteiger partial charge < -0.3 is 20.4 Å². The van der Waals surface area contributed by atoms with Crippen LogP contribution >= 0.6 is 0 Å². The van der Waals surface area contributed by atoms with Crippen molar-refractivity contribution in [1.29, 1.82) is 0 Å². The van der Waals surface area contributed by atoms with E-state index in [-0.39, 0.29) is 11.8 Å². The first kappa shape index (κ1) is 15.7. The van der Waals surface area contributed by atoms with Gasteiger partial charge in [0.05, 0.1) is 13.1 Å². The summed E-state index contributed by atoms with van der Waals surface area (Å²) in [6.07, 6.45) is 5.21. The minimum atomic E-state index is 0.166. The van der Waals surface area contributed by atoms with Crippen molar-refractivity contribution in [3.63, 3.8) is 0 Å². The Morgan fingerprint density at radius 1 is 0.727 bits per heavy atom. The summed E-state index contributed by atoms with van der Waals surface area (Å²) in [5, 5.41) is 6.48. The van der Waals surface area contributed by atoms with Crippen LogP contribution in [0.1, 0.15) is 25.7 Å². The number of piperazine rings is 1. The number of carbonyl (C=O) groups is 2. The molecule has 3 fully saturated rings. The number of nitrogens with zero attached hydrogens (tertiary/aromatic N) is 2. The minimum absolute atomic E-state index is 0.166. The summed E-state index contributed by atoms with van der Waals surface area (Å²) in [6, 6.07) is 0. The molecule has 2 amide bonds. The molecule has 0 aromatic heterocycles. The fourth-order valence-corrected chi connectivity index (χ4v) is 2.84. The van der Waals surface area contributed by atoms with Crippen molar-refractivity contribution in [2.24, 2.45) is 11.8 Å². The summed E-state index contributed by atoms with van der Waals surface area (Å²) in [7, 11) is 0. The molecule has 6 nitrogen and oxygen atoms in total. The highest BCUT2D eigenvalue weighted by Gasteiger charge is 2.26. The first-order chi connectivity index (χ1) is 10.7. The number of hydrogen-bond acceptors (Lipinski definition) is 4. The Bertz CT molecular complexity index is 361. The van der Waals surface area contributed by atoms with Crippen molar-refractivity contribution in [2.75, 3.05) is 52.4 Å². The second kappa shape index (κ2) is 7.42. The van der Waals surface area contributed by atoms with Crippen LogP contribution in [0, 0.1) is 11.8 Å². The molecule has 0 aromatic carbocycles. The second-order valence-corrected chi connectivity index (χ2v) is 6.91. The van der Waals surface area contributed by atoms with Crippen LogP contribution in [0.2, 0.25) is 0 Å². The largest absolute Gasteiger partial charge is 0.338 e. The van der Waals surface area contributed by atoms with Gasteiger partial charge in [-0.25, -0.2) is 0 Å². The summed E-state index contributed by atoms with van der Waals surface area (Å²) >= 11 is 0. The average Bonchev–Trinajstić information content (AvgIpc) is 3.42. The lowest BCUT2D eigenvalue weighted by molar-refractivity contribution is -0.138. The zero-order valence-electron chi connectivity index (χ0n) is 13.4. The van der Waals surface area contributed by atoms with Gasteiger partial charge in [0.25, 0.3) is 0 Å². The Kier molecular flexibility index (Phi) is 5.31. The van der Waals surface area contributed by atoms with E-state index in [9.17, 15) is 9.59 Å². The van der Waals surface area contributed by atoms with Gasteiger partial charge in [0.15, 0.2) is 0 Å². The van der Waals surface area contributed by atoms with Gasteiger partial charge in [0, 0.05) is 26.2 Å². The SMILES string of the molecule is O=C(CNCC1CC1)N1CCN(C(=O)CNCC2CC2)CC1. The van der Waals surface area contributed by atoms with E-state index in [1.165, 1.54) is 25.7 Å². The van der Waals surface area contributed by atoms with Crippen molar-refractivity contribution in [1.82, 2.24) is 20.4 Å². The highest BCUT2D eigenvalue weighted by molar-refractivity contribution is 5.80. The predicted octanol–water partition coefficient (Wildman–Crippen LogP) is -0.344. The van der Waals surface area contributed by atoms with Crippen LogP contribution in [0.25, 0.3) is 0 Å². The molecular formula is C16H28N4O2. The van der Waals surface area contributed by atoms with Crippen LogP contribution in [0.4, 0.5) is 0 Å². The summed E-state index contributed by atoms with van der Waals surface area (Å²) in [6.45, 7) is 5.47. The molecule has 2 N–H and O–H groups in total. The molecule has 0 radical (unpaired) electrons. The van der Waals surface area contributed by atoms with Gasteiger partial charge in [-0.1, -0.05) is 0 Å². The maximum Gasteiger partial charge on any atom is 0.236 e. The van der Waals surface area contributed by atoms with Gasteiger partial charge in [0.2, 0.25) is 11.8 Å². The average molecular weight is 308 g/mol. The number of amides is 2. The molecule has 0 spiro atoms. The molecule has 1 saturated heterocycles. The Morgan fingerprint density at radius 2 is 1.09 bits per heavy atom. The molecular weight excluding hydrogens is 280 g/mol. The van der Waals surface area contributed by atoms with Crippen LogP contribution in [0.5, 0.6) is 0 Å². The third-order valence-electron chi connectivity index (χ3n) is 4.80. The van der Waals surface area contributed by atoms with Gasteiger partial charge in [-0.2, -0.15) is 0 Å². The van der Waals surface area contributed by atoms with Crippen molar-refractivity contribution in [3.05, 3.63) is 0 Å². The zero-order chi connectivity index (χ0) is 15.4.